The minimum atomic E-state index is -3.07. The van der Waals surface area contributed by atoms with Crippen LogP contribution in [0.15, 0.2) is 18.3 Å². The number of rotatable bonds is 4. The van der Waals surface area contributed by atoms with Gasteiger partial charge < -0.3 is 5.32 Å². The number of hydrogen-bond donors (Lipinski definition) is 1. The number of halogens is 1. The molecular formula is C10H13FN4O2S. The van der Waals surface area contributed by atoms with Gasteiger partial charge in [-0.1, -0.05) is 0 Å². The van der Waals surface area contributed by atoms with E-state index in [-0.39, 0.29) is 17.7 Å². The molecule has 1 unspecified atom stereocenters. The van der Waals surface area contributed by atoms with Gasteiger partial charge >= 0.3 is 0 Å². The summed E-state index contributed by atoms with van der Waals surface area (Å²) in [5.74, 6) is -0.156. The zero-order valence-corrected chi connectivity index (χ0v) is 10.8. The molecule has 1 N–H and O–H groups in total. The Balaban J connectivity index is 2.17. The van der Waals surface area contributed by atoms with Crippen molar-refractivity contribution in [1.29, 1.82) is 0 Å². The molecule has 0 saturated carbocycles. The van der Waals surface area contributed by atoms with Gasteiger partial charge in [0, 0.05) is 12.3 Å². The zero-order chi connectivity index (χ0) is 13.3. The van der Waals surface area contributed by atoms with Crippen LogP contribution in [-0.2, 0) is 9.84 Å². The van der Waals surface area contributed by atoms with Crippen molar-refractivity contribution in [2.75, 3.05) is 17.3 Å². The molecule has 0 amide bonds. The number of nitrogens with zero attached hydrogens (tertiary/aromatic N) is 3. The molecule has 2 rings (SSSR count). The highest BCUT2D eigenvalue weighted by atomic mass is 32.2. The van der Waals surface area contributed by atoms with Gasteiger partial charge in [-0.25, -0.2) is 17.3 Å². The first kappa shape index (κ1) is 12.7. The molecule has 0 aliphatic heterocycles. The Bertz CT molecular complexity index is 668. The van der Waals surface area contributed by atoms with Crippen LogP contribution in [-0.4, -0.2) is 41.1 Å². The van der Waals surface area contributed by atoms with Crippen LogP contribution in [0.5, 0.6) is 0 Å². The Kier molecular flexibility index (Phi) is 3.20. The zero-order valence-electron chi connectivity index (χ0n) is 9.96. The Labute approximate surface area is 104 Å². The Morgan fingerprint density at radius 3 is 2.89 bits per heavy atom. The fraction of sp³-hybridized carbons (Fsp3) is 0.400. The summed E-state index contributed by atoms with van der Waals surface area (Å²) < 4.78 is 36.5. The van der Waals surface area contributed by atoms with E-state index in [0.717, 1.165) is 6.26 Å². The SMILES string of the molecule is CC(CS(C)(=O)=O)Nc1nc2ccc(F)cn2n1. The fourth-order valence-electron chi connectivity index (χ4n) is 1.64. The van der Waals surface area contributed by atoms with E-state index in [1.807, 2.05) is 0 Å². The van der Waals surface area contributed by atoms with Gasteiger partial charge in [-0.05, 0) is 19.1 Å². The lowest BCUT2D eigenvalue weighted by atomic mass is 10.4. The highest BCUT2D eigenvalue weighted by Crippen LogP contribution is 2.08. The molecule has 0 bridgehead atoms. The lowest BCUT2D eigenvalue weighted by molar-refractivity contribution is 0.597. The second kappa shape index (κ2) is 4.52. The van der Waals surface area contributed by atoms with Crippen LogP contribution in [0.3, 0.4) is 0 Å². The molecule has 18 heavy (non-hydrogen) atoms. The van der Waals surface area contributed by atoms with Gasteiger partial charge in [0.25, 0.3) is 0 Å². The standard InChI is InChI=1S/C10H13FN4O2S/c1-7(6-18(2,16)17)12-10-13-9-4-3-8(11)5-15(9)14-10/h3-5,7H,6H2,1-2H3,(H,12,14). The molecule has 2 aromatic rings. The summed E-state index contributed by atoms with van der Waals surface area (Å²) in [5.41, 5.74) is 0.491. The lowest BCUT2D eigenvalue weighted by Gasteiger charge is -2.09. The van der Waals surface area contributed by atoms with Crippen molar-refractivity contribution in [2.24, 2.45) is 0 Å². The van der Waals surface area contributed by atoms with Gasteiger partial charge in [-0.15, -0.1) is 5.10 Å². The van der Waals surface area contributed by atoms with Crippen LogP contribution >= 0.6 is 0 Å². The molecule has 98 valence electrons. The number of sulfone groups is 1. The minimum absolute atomic E-state index is 0.0170. The molecule has 6 nitrogen and oxygen atoms in total. The maximum Gasteiger partial charge on any atom is 0.243 e. The van der Waals surface area contributed by atoms with Gasteiger partial charge in [0.1, 0.15) is 15.7 Å². The molecule has 0 aliphatic carbocycles. The number of hydrogen-bond acceptors (Lipinski definition) is 5. The molecule has 0 radical (unpaired) electrons. The summed E-state index contributed by atoms with van der Waals surface area (Å²) in [6.45, 7) is 1.72. The number of pyridine rings is 1. The maximum atomic E-state index is 12.9. The van der Waals surface area contributed by atoms with Gasteiger partial charge in [-0.3, -0.25) is 0 Å². The lowest BCUT2D eigenvalue weighted by Crippen LogP contribution is -2.25. The van der Waals surface area contributed by atoms with Crippen LogP contribution in [0.4, 0.5) is 10.3 Å². The normalized spacial score (nSPS) is 13.7. The summed E-state index contributed by atoms with van der Waals surface area (Å²) >= 11 is 0. The van der Waals surface area contributed by atoms with Crippen LogP contribution < -0.4 is 5.32 Å². The molecule has 8 heteroatoms. The Morgan fingerprint density at radius 2 is 2.22 bits per heavy atom. The average Bonchev–Trinajstić information content (AvgIpc) is 2.55. The van der Waals surface area contributed by atoms with Gasteiger partial charge in [-0.2, -0.15) is 4.98 Å². The van der Waals surface area contributed by atoms with Gasteiger partial charge in [0.05, 0.1) is 11.9 Å². The van der Waals surface area contributed by atoms with E-state index in [1.54, 1.807) is 6.92 Å². The van der Waals surface area contributed by atoms with Crippen molar-refractivity contribution in [3.05, 3.63) is 24.1 Å². The van der Waals surface area contributed by atoms with Crippen molar-refractivity contribution < 1.29 is 12.8 Å². The first-order valence-electron chi connectivity index (χ1n) is 5.30. The van der Waals surface area contributed by atoms with E-state index in [9.17, 15) is 12.8 Å². The number of fused-ring (bicyclic) bond motifs is 1. The fourth-order valence-corrected chi connectivity index (χ4v) is 2.63. The predicted octanol–water partition coefficient (Wildman–Crippen LogP) is 0.713. The summed E-state index contributed by atoms with van der Waals surface area (Å²) in [5, 5.41) is 6.87. The van der Waals surface area contributed by atoms with Crippen LogP contribution in [0.25, 0.3) is 5.65 Å². The number of anilines is 1. The first-order valence-corrected chi connectivity index (χ1v) is 7.36. The summed E-state index contributed by atoms with van der Waals surface area (Å²) in [6, 6.07) is 2.46. The summed E-state index contributed by atoms with van der Waals surface area (Å²) in [7, 11) is -3.07. The molecule has 1 atom stereocenters. The van der Waals surface area contributed by atoms with E-state index in [0.29, 0.717) is 5.65 Å². The number of aromatic nitrogens is 3. The predicted molar refractivity (Wildman–Crippen MR) is 65.7 cm³/mol. The third-order valence-corrected chi connectivity index (χ3v) is 3.33. The van der Waals surface area contributed by atoms with Gasteiger partial charge in [0.2, 0.25) is 5.95 Å². The third kappa shape index (κ3) is 3.16. The molecule has 0 aromatic carbocycles. The molecule has 2 heterocycles. The van der Waals surface area contributed by atoms with E-state index in [1.165, 1.54) is 22.8 Å². The van der Waals surface area contributed by atoms with Crippen molar-refractivity contribution >= 4 is 21.4 Å². The molecule has 2 aromatic heterocycles. The minimum Gasteiger partial charge on any atom is -0.349 e. The highest BCUT2D eigenvalue weighted by molar-refractivity contribution is 7.90. The topological polar surface area (TPSA) is 76.4 Å². The van der Waals surface area contributed by atoms with E-state index in [4.69, 9.17) is 0 Å². The van der Waals surface area contributed by atoms with Crippen molar-refractivity contribution in [2.45, 2.75) is 13.0 Å². The average molecular weight is 272 g/mol. The largest absolute Gasteiger partial charge is 0.349 e. The van der Waals surface area contributed by atoms with Crippen LogP contribution in [0, 0.1) is 5.82 Å². The van der Waals surface area contributed by atoms with E-state index < -0.39 is 15.7 Å². The third-order valence-electron chi connectivity index (χ3n) is 2.22. The molecule has 0 spiro atoms. The van der Waals surface area contributed by atoms with Crippen molar-refractivity contribution in [3.63, 3.8) is 0 Å². The Morgan fingerprint density at radius 1 is 1.50 bits per heavy atom. The molecule has 0 saturated heterocycles. The van der Waals surface area contributed by atoms with Crippen molar-refractivity contribution in [3.8, 4) is 0 Å². The van der Waals surface area contributed by atoms with Crippen LogP contribution in [0.1, 0.15) is 6.92 Å². The quantitative estimate of drug-likeness (QED) is 0.887. The molecule has 0 fully saturated rings. The van der Waals surface area contributed by atoms with Gasteiger partial charge in [0.15, 0.2) is 5.65 Å². The van der Waals surface area contributed by atoms with Crippen LogP contribution in [0.2, 0.25) is 0 Å². The second-order valence-corrected chi connectivity index (χ2v) is 6.41. The smallest absolute Gasteiger partial charge is 0.243 e. The van der Waals surface area contributed by atoms with E-state index >= 15 is 0 Å². The summed E-state index contributed by atoms with van der Waals surface area (Å²) in [4.78, 5) is 4.10. The number of nitrogens with one attached hydrogen (secondary N) is 1. The Hall–Kier alpha value is -1.70. The molecular weight excluding hydrogens is 259 g/mol. The first-order chi connectivity index (χ1) is 8.33. The van der Waals surface area contributed by atoms with Crippen molar-refractivity contribution in [1.82, 2.24) is 14.6 Å². The highest BCUT2D eigenvalue weighted by Gasteiger charge is 2.12. The summed E-state index contributed by atoms with van der Waals surface area (Å²) in [6.07, 6.45) is 2.37. The van der Waals surface area contributed by atoms with E-state index in [2.05, 4.69) is 15.4 Å². The molecule has 0 aliphatic rings. The monoisotopic (exact) mass is 272 g/mol. The second-order valence-electron chi connectivity index (χ2n) is 4.22. The maximum absolute atomic E-state index is 12.9.